The predicted octanol–water partition coefficient (Wildman–Crippen LogP) is 2.66. The molecule has 1 aromatic rings. The van der Waals surface area contributed by atoms with Gasteiger partial charge in [-0.1, -0.05) is 0 Å². The van der Waals surface area contributed by atoms with Gasteiger partial charge in [-0.2, -0.15) is 0 Å². The quantitative estimate of drug-likeness (QED) is 0.757. The minimum Gasteiger partial charge on any atom is -0.347 e. The Morgan fingerprint density at radius 3 is 2.33 bits per heavy atom. The maximum Gasteiger partial charge on any atom is 0.251 e. The Hall–Kier alpha value is -1.38. The van der Waals surface area contributed by atoms with Gasteiger partial charge in [0.25, 0.3) is 5.91 Å². The largest absolute Gasteiger partial charge is 0.347 e. The lowest BCUT2D eigenvalue weighted by Crippen LogP contribution is -2.40. The fraction of sp³-hybridized carbons (Fsp3) is 0.417. The topological polar surface area (TPSA) is 29.1 Å². The third-order valence-electron chi connectivity index (χ3n) is 1.79. The molecule has 0 aliphatic heterocycles. The van der Waals surface area contributed by atoms with E-state index in [9.17, 15) is 9.18 Å². The smallest absolute Gasteiger partial charge is 0.251 e. The van der Waals surface area contributed by atoms with Crippen LogP contribution in [0.25, 0.3) is 0 Å². The summed E-state index contributed by atoms with van der Waals surface area (Å²) >= 11 is 0. The monoisotopic (exact) mass is 209 g/mol. The lowest BCUT2D eigenvalue weighted by atomic mass is 10.1. The molecule has 0 unspecified atom stereocenters. The summed E-state index contributed by atoms with van der Waals surface area (Å²) in [6, 6.07) is 4.31. The van der Waals surface area contributed by atoms with Gasteiger partial charge in [0.15, 0.2) is 0 Å². The molecule has 0 saturated carbocycles. The van der Waals surface area contributed by atoms with Gasteiger partial charge >= 0.3 is 0 Å². The van der Waals surface area contributed by atoms with E-state index in [1.807, 2.05) is 20.8 Å². The number of nitrogens with one attached hydrogen (secondary N) is 1. The molecule has 0 fully saturated rings. The fourth-order valence-corrected chi connectivity index (χ4v) is 1.28. The van der Waals surface area contributed by atoms with Gasteiger partial charge in [-0.25, -0.2) is 4.39 Å². The number of amides is 1. The first-order valence-corrected chi connectivity index (χ1v) is 4.88. The van der Waals surface area contributed by atoms with Crippen molar-refractivity contribution in [3.05, 3.63) is 35.1 Å². The van der Waals surface area contributed by atoms with Crippen LogP contribution in [0.3, 0.4) is 0 Å². The molecule has 82 valence electrons. The van der Waals surface area contributed by atoms with Crippen LogP contribution >= 0.6 is 0 Å². The zero-order valence-corrected chi connectivity index (χ0v) is 9.52. The molecular formula is C12H16FNO. The van der Waals surface area contributed by atoms with E-state index in [1.54, 1.807) is 13.0 Å². The van der Waals surface area contributed by atoms with E-state index in [2.05, 4.69) is 5.32 Å². The third-order valence-corrected chi connectivity index (χ3v) is 1.79. The van der Waals surface area contributed by atoms with Gasteiger partial charge in [-0.05, 0) is 51.5 Å². The molecule has 1 rings (SSSR count). The van der Waals surface area contributed by atoms with Gasteiger partial charge < -0.3 is 5.32 Å². The Balaban J connectivity index is 2.92. The number of carbonyl (C=O) groups is 1. The molecule has 2 nitrogen and oxygen atoms in total. The van der Waals surface area contributed by atoms with Crippen molar-refractivity contribution in [2.24, 2.45) is 0 Å². The van der Waals surface area contributed by atoms with E-state index in [-0.39, 0.29) is 17.3 Å². The molecule has 0 aromatic heterocycles. The Bertz CT molecular complexity index is 359. The van der Waals surface area contributed by atoms with E-state index in [0.717, 1.165) is 5.56 Å². The highest BCUT2D eigenvalue weighted by Gasteiger charge is 2.15. The summed E-state index contributed by atoms with van der Waals surface area (Å²) in [4.78, 5) is 11.7. The summed E-state index contributed by atoms with van der Waals surface area (Å²) in [6.45, 7) is 7.42. The van der Waals surface area contributed by atoms with Crippen LogP contribution in [0.2, 0.25) is 0 Å². The molecule has 1 aromatic carbocycles. The Labute approximate surface area is 89.5 Å². The van der Waals surface area contributed by atoms with Crippen molar-refractivity contribution in [2.45, 2.75) is 33.2 Å². The molecule has 0 saturated heterocycles. The molecule has 0 spiro atoms. The molecular weight excluding hydrogens is 193 g/mol. The highest BCUT2D eigenvalue weighted by molar-refractivity contribution is 5.94. The van der Waals surface area contributed by atoms with Crippen molar-refractivity contribution in [3.63, 3.8) is 0 Å². The van der Waals surface area contributed by atoms with Crippen molar-refractivity contribution >= 4 is 5.91 Å². The second-order valence-corrected chi connectivity index (χ2v) is 4.72. The molecule has 3 heteroatoms. The van der Waals surface area contributed by atoms with Crippen molar-refractivity contribution in [3.8, 4) is 0 Å². The number of hydrogen-bond donors (Lipinski definition) is 1. The van der Waals surface area contributed by atoms with Gasteiger partial charge in [0, 0.05) is 11.1 Å². The Kier molecular flexibility index (Phi) is 3.12. The number of halogens is 1. The summed E-state index contributed by atoms with van der Waals surface area (Å²) in [5, 5.41) is 2.78. The van der Waals surface area contributed by atoms with E-state index in [0.29, 0.717) is 5.56 Å². The predicted molar refractivity (Wildman–Crippen MR) is 58.4 cm³/mol. The Morgan fingerprint density at radius 1 is 1.27 bits per heavy atom. The first-order chi connectivity index (χ1) is 6.78. The average molecular weight is 209 g/mol. The summed E-state index contributed by atoms with van der Waals surface area (Å²) < 4.78 is 13.0. The molecule has 0 heterocycles. The van der Waals surface area contributed by atoms with E-state index < -0.39 is 0 Å². The standard InChI is InChI=1S/C12H16FNO/c1-8-5-9(7-10(13)6-8)11(15)14-12(2,3)4/h5-7H,1-4H3,(H,14,15). The van der Waals surface area contributed by atoms with Crippen LogP contribution in [0.1, 0.15) is 36.7 Å². The fourth-order valence-electron chi connectivity index (χ4n) is 1.28. The molecule has 0 radical (unpaired) electrons. The van der Waals surface area contributed by atoms with Crippen LogP contribution in [0.15, 0.2) is 18.2 Å². The molecule has 0 aliphatic rings. The van der Waals surface area contributed by atoms with Crippen molar-refractivity contribution < 1.29 is 9.18 Å². The van der Waals surface area contributed by atoms with Crippen LogP contribution in [-0.2, 0) is 0 Å². The lowest BCUT2D eigenvalue weighted by molar-refractivity contribution is 0.0919. The number of hydrogen-bond acceptors (Lipinski definition) is 1. The third kappa shape index (κ3) is 3.70. The van der Waals surface area contributed by atoms with Crippen LogP contribution in [0.5, 0.6) is 0 Å². The van der Waals surface area contributed by atoms with Crippen molar-refractivity contribution in [1.82, 2.24) is 5.32 Å². The van der Waals surface area contributed by atoms with Crippen molar-refractivity contribution in [2.75, 3.05) is 0 Å². The molecule has 15 heavy (non-hydrogen) atoms. The second kappa shape index (κ2) is 4.01. The van der Waals surface area contributed by atoms with Crippen LogP contribution in [0.4, 0.5) is 4.39 Å². The average Bonchev–Trinajstić information content (AvgIpc) is 1.98. The van der Waals surface area contributed by atoms with Gasteiger partial charge in [0.05, 0.1) is 0 Å². The van der Waals surface area contributed by atoms with Crippen LogP contribution < -0.4 is 5.32 Å². The zero-order valence-electron chi connectivity index (χ0n) is 9.52. The van der Waals surface area contributed by atoms with Crippen LogP contribution in [-0.4, -0.2) is 11.4 Å². The molecule has 0 bridgehead atoms. The normalized spacial score (nSPS) is 11.3. The minimum absolute atomic E-state index is 0.245. The maximum absolute atomic E-state index is 13.0. The molecule has 0 aliphatic carbocycles. The summed E-state index contributed by atoms with van der Waals surface area (Å²) in [5.41, 5.74) is 0.800. The SMILES string of the molecule is Cc1cc(F)cc(C(=O)NC(C)(C)C)c1. The summed E-state index contributed by atoms with van der Waals surface area (Å²) in [5.74, 6) is -0.626. The second-order valence-electron chi connectivity index (χ2n) is 4.72. The highest BCUT2D eigenvalue weighted by atomic mass is 19.1. The van der Waals surface area contributed by atoms with Crippen LogP contribution in [0, 0.1) is 12.7 Å². The van der Waals surface area contributed by atoms with E-state index in [1.165, 1.54) is 12.1 Å². The van der Waals surface area contributed by atoms with Gasteiger partial charge in [-0.15, -0.1) is 0 Å². The highest BCUT2D eigenvalue weighted by Crippen LogP contribution is 2.10. The number of rotatable bonds is 1. The van der Waals surface area contributed by atoms with Gasteiger partial charge in [-0.3, -0.25) is 4.79 Å². The van der Waals surface area contributed by atoms with Gasteiger partial charge in [0.2, 0.25) is 0 Å². The summed E-state index contributed by atoms with van der Waals surface area (Å²) in [7, 11) is 0. The van der Waals surface area contributed by atoms with Crippen molar-refractivity contribution in [1.29, 1.82) is 0 Å². The number of benzene rings is 1. The molecule has 1 amide bonds. The Morgan fingerprint density at radius 2 is 1.87 bits per heavy atom. The zero-order chi connectivity index (χ0) is 11.6. The first kappa shape index (κ1) is 11.7. The van der Waals surface area contributed by atoms with Gasteiger partial charge in [0.1, 0.15) is 5.82 Å². The molecule has 1 N–H and O–H groups in total. The molecule has 0 atom stereocenters. The first-order valence-electron chi connectivity index (χ1n) is 4.88. The minimum atomic E-state index is -0.381. The maximum atomic E-state index is 13.0. The number of carbonyl (C=O) groups excluding carboxylic acids is 1. The summed E-state index contributed by atoms with van der Waals surface area (Å²) in [6.07, 6.45) is 0. The van der Waals surface area contributed by atoms with E-state index >= 15 is 0 Å². The number of aryl methyl sites for hydroxylation is 1. The lowest BCUT2D eigenvalue weighted by Gasteiger charge is -2.20. The van der Waals surface area contributed by atoms with E-state index in [4.69, 9.17) is 0 Å².